The van der Waals surface area contributed by atoms with Gasteiger partial charge in [-0.25, -0.2) is 9.78 Å². The first-order valence-corrected chi connectivity index (χ1v) is 6.45. The van der Waals surface area contributed by atoms with Crippen molar-refractivity contribution >= 4 is 11.7 Å². The third-order valence-electron chi connectivity index (χ3n) is 2.78. The Hall–Kier alpha value is -2.50. The molecule has 0 bridgehead atoms. The zero-order valence-electron chi connectivity index (χ0n) is 11.3. The predicted octanol–water partition coefficient (Wildman–Crippen LogP) is 2.17. The van der Waals surface area contributed by atoms with Gasteiger partial charge in [-0.15, -0.1) is 0 Å². The smallest absolute Gasteiger partial charge is 0.319 e. The van der Waals surface area contributed by atoms with Crippen LogP contribution >= 0.6 is 0 Å². The number of H-pyrrole nitrogens is 1. The van der Waals surface area contributed by atoms with Gasteiger partial charge in [0.1, 0.15) is 11.6 Å². The van der Waals surface area contributed by atoms with E-state index in [4.69, 9.17) is 4.74 Å². The second-order valence-electron chi connectivity index (χ2n) is 4.25. The Balaban J connectivity index is 1.66. The van der Waals surface area contributed by atoms with Crippen molar-refractivity contribution in [1.82, 2.24) is 15.3 Å². The van der Waals surface area contributed by atoms with Crippen molar-refractivity contribution in [1.29, 1.82) is 0 Å². The lowest BCUT2D eigenvalue weighted by molar-refractivity contribution is 0.252. The van der Waals surface area contributed by atoms with E-state index < -0.39 is 0 Å². The van der Waals surface area contributed by atoms with Crippen molar-refractivity contribution in [2.45, 2.75) is 12.8 Å². The lowest BCUT2D eigenvalue weighted by Crippen LogP contribution is -2.29. The van der Waals surface area contributed by atoms with Crippen LogP contribution in [-0.2, 0) is 6.42 Å². The normalized spacial score (nSPS) is 10.1. The van der Waals surface area contributed by atoms with Gasteiger partial charge in [-0.05, 0) is 30.7 Å². The van der Waals surface area contributed by atoms with Gasteiger partial charge in [0.2, 0.25) is 0 Å². The number of anilines is 1. The first-order valence-electron chi connectivity index (χ1n) is 6.45. The molecule has 0 aliphatic heterocycles. The topological polar surface area (TPSA) is 79.0 Å². The molecule has 1 aromatic heterocycles. The van der Waals surface area contributed by atoms with Gasteiger partial charge in [-0.3, -0.25) is 0 Å². The van der Waals surface area contributed by atoms with Crippen LogP contribution in [0.2, 0.25) is 0 Å². The number of carbonyl (C=O) groups is 1. The molecule has 20 heavy (non-hydrogen) atoms. The van der Waals surface area contributed by atoms with E-state index in [1.165, 1.54) is 0 Å². The SMILES string of the molecule is COc1ccc(NC(=O)NCCCc2ncc[nH]2)cc1. The second kappa shape index (κ2) is 7.18. The molecule has 106 valence electrons. The minimum Gasteiger partial charge on any atom is -0.497 e. The fourth-order valence-electron chi connectivity index (χ4n) is 1.74. The Bertz CT molecular complexity index is 523. The van der Waals surface area contributed by atoms with Crippen LogP contribution in [0.1, 0.15) is 12.2 Å². The van der Waals surface area contributed by atoms with Crippen LogP contribution in [0, 0.1) is 0 Å². The summed E-state index contributed by atoms with van der Waals surface area (Å²) in [6, 6.07) is 6.97. The van der Waals surface area contributed by atoms with Crippen LogP contribution in [0.4, 0.5) is 10.5 Å². The molecule has 0 aliphatic rings. The van der Waals surface area contributed by atoms with Crippen molar-refractivity contribution in [3.63, 3.8) is 0 Å². The largest absolute Gasteiger partial charge is 0.497 e. The van der Waals surface area contributed by atoms with Crippen LogP contribution in [0.25, 0.3) is 0 Å². The molecule has 0 unspecified atom stereocenters. The van der Waals surface area contributed by atoms with Crippen molar-refractivity contribution in [2.24, 2.45) is 0 Å². The number of ether oxygens (including phenoxy) is 1. The zero-order valence-corrected chi connectivity index (χ0v) is 11.3. The van der Waals surface area contributed by atoms with Crippen molar-refractivity contribution in [3.05, 3.63) is 42.5 Å². The summed E-state index contributed by atoms with van der Waals surface area (Å²) in [5.41, 5.74) is 0.731. The van der Waals surface area contributed by atoms with Crippen molar-refractivity contribution < 1.29 is 9.53 Å². The van der Waals surface area contributed by atoms with Crippen molar-refractivity contribution in [3.8, 4) is 5.75 Å². The maximum atomic E-state index is 11.7. The predicted molar refractivity (Wildman–Crippen MR) is 76.9 cm³/mol. The van der Waals surface area contributed by atoms with Crippen LogP contribution in [0.5, 0.6) is 5.75 Å². The van der Waals surface area contributed by atoms with Gasteiger partial charge in [0.25, 0.3) is 0 Å². The minimum absolute atomic E-state index is 0.213. The summed E-state index contributed by atoms with van der Waals surface area (Å²) in [4.78, 5) is 18.8. The van der Waals surface area contributed by atoms with Gasteiger partial charge < -0.3 is 20.4 Å². The molecule has 1 heterocycles. The highest BCUT2D eigenvalue weighted by Crippen LogP contribution is 2.14. The molecule has 0 aliphatic carbocycles. The maximum absolute atomic E-state index is 11.7. The van der Waals surface area contributed by atoms with Crippen LogP contribution in [0.15, 0.2) is 36.7 Å². The fourth-order valence-corrected chi connectivity index (χ4v) is 1.74. The first-order chi connectivity index (χ1) is 9.78. The van der Waals surface area contributed by atoms with Gasteiger partial charge in [0.05, 0.1) is 7.11 Å². The summed E-state index contributed by atoms with van der Waals surface area (Å²) in [5, 5.41) is 5.56. The average Bonchev–Trinajstić information content (AvgIpc) is 2.98. The molecule has 6 heteroatoms. The third kappa shape index (κ3) is 4.31. The van der Waals surface area contributed by atoms with Gasteiger partial charge >= 0.3 is 6.03 Å². The molecule has 0 radical (unpaired) electrons. The average molecular weight is 274 g/mol. The number of methoxy groups -OCH3 is 1. The van der Waals surface area contributed by atoms with Gasteiger partial charge in [0, 0.05) is 31.0 Å². The summed E-state index contributed by atoms with van der Waals surface area (Å²) >= 11 is 0. The standard InChI is InChI=1S/C14H18N4O2/c1-20-12-6-4-11(5-7-12)18-14(19)17-8-2-3-13-15-9-10-16-13/h4-7,9-10H,2-3,8H2,1H3,(H,15,16)(H2,17,18,19). The van der Waals surface area contributed by atoms with E-state index in [0.29, 0.717) is 6.54 Å². The Morgan fingerprint density at radius 1 is 1.35 bits per heavy atom. The molecule has 0 saturated carbocycles. The molecule has 0 fully saturated rings. The number of carbonyl (C=O) groups excluding carboxylic acids is 1. The Morgan fingerprint density at radius 3 is 2.80 bits per heavy atom. The Labute approximate surface area is 117 Å². The zero-order chi connectivity index (χ0) is 14.2. The summed E-state index contributed by atoms with van der Waals surface area (Å²) in [5.74, 6) is 1.69. The molecule has 2 amide bonds. The monoisotopic (exact) mass is 274 g/mol. The number of nitrogens with one attached hydrogen (secondary N) is 3. The minimum atomic E-state index is -0.213. The number of nitrogens with zero attached hydrogens (tertiary/aromatic N) is 1. The molecular formula is C14H18N4O2. The molecule has 3 N–H and O–H groups in total. The van der Waals surface area contributed by atoms with Gasteiger partial charge in [-0.2, -0.15) is 0 Å². The molecule has 1 aromatic carbocycles. The van der Waals surface area contributed by atoms with E-state index in [-0.39, 0.29) is 6.03 Å². The number of benzene rings is 1. The molecule has 2 aromatic rings. The highest BCUT2D eigenvalue weighted by Gasteiger charge is 2.01. The lowest BCUT2D eigenvalue weighted by atomic mass is 10.3. The maximum Gasteiger partial charge on any atom is 0.319 e. The molecule has 0 spiro atoms. The van der Waals surface area contributed by atoms with E-state index in [9.17, 15) is 4.79 Å². The number of aromatic amines is 1. The van der Waals surface area contributed by atoms with Crippen molar-refractivity contribution in [2.75, 3.05) is 19.0 Å². The summed E-state index contributed by atoms with van der Waals surface area (Å²) < 4.78 is 5.05. The van der Waals surface area contributed by atoms with Crippen LogP contribution in [0.3, 0.4) is 0 Å². The fraction of sp³-hybridized carbons (Fsp3) is 0.286. The Morgan fingerprint density at radius 2 is 2.15 bits per heavy atom. The number of hydrogen-bond donors (Lipinski definition) is 3. The molecule has 0 atom stereocenters. The quantitative estimate of drug-likeness (QED) is 0.706. The summed E-state index contributed by atoms with van der Waals surface area (Å²) in [6.07, 6.45) is 5.16. The summed E-state index contributed by atoms with van der Waals surface area (Å²) in [6.45, 7) is 0.600. The molecule has 0 saturated heterocycles. The highest BCUT2D eigenvalue weighted by atomic mass is 16.5. The number of hydrogen-bond acceptors (Lipinski definition) is 3. The highest BCUT2D eigenvalue weighted by molar-refractivity contribution is 5.89. The van der Waals surface area contributed by atoms with E-state index in [2.05, 4.69) is 20.6 Å². The number of aromatic nitrogens is 2. The summed E-state index contributed by atoms with van der Waals surface area (Å²) in [7, 11) is 1.61. The van der Waals surface area contributed by atoms with E-state index >= 15 is 0 Å². The molecule has 2 rings (SSSR count). The van der Waals surface area contributed by atoms with Gasteiger partial charge in [-0.1, -0.05) is 0 Å². The molecular weight excluding hydrogens is 256 g/mol. The van der Waals surface area contributed by atoms with Gasteiger partial charge in [0.15, 0.2) is 0 Å². The van der Waals surface area contributed by atoms with Crippen LogP contribution in [-0.4, -0.2) is 29.7 Å². The number of amides is 2. The second-order valence-corrected chi connectivity index (χ2v) is 4.25. The van der Waals surface area contributed by atoms with E-state index in [0.717, 1.165) is 30.1 Å². The number of urea groups is 1. The Kier molecular flexibility index (Phi) is 5.00. The lowest BCUT2D eigenvalue weighted by Gasteiger charge is -2.07. The van der Waals surface area contributed by atoms with E-state index in [1.807, 2.05) is 0 Å². The number of rotatable bonds is 6. The third-order valence-corrected chi connectivity index (χ3v) is 2.78. The number of imidazole rings is 1. The molecule has 6 nitrogen and oxygen atoms in total. The van der Waals surface area contributed by atoms with E-state index in [1.54, 1.807) is 43.8 Å². The van der Waals surface area contributed by atoms with Crippen LogP contribution < -0.4 is 15.4 Å². The number of aryl methyl sites for hydroxylation is 1. The first kappa shape index (κ1) is 13.9.